The van der Waals surface area contributed by atoms with Gasteiger partial charge in [0.05, 0.1) is 11.8 Å². The van der Waals surface area contributed by atoms with Crippen LogP contribution in [0.1, 0.15) is 36.4 Å². The molecule has 2 aromatic rings. The van der Waals surface area contributed by atoms with E-state index in [1.807, 2.05) is 0 Å². The Morgan fingerprint density at radius 2 is 1.88 bits per heavy atom. The first-order valence-electron chi connectivity index (χ1n) is 8.12. The third-order valence-electron chi connectivity index (χ3n) is 4.98. The summed E-state index contributed by atoms with van der Waals surface area (Å²) in [5, 5.41) is 0. The smallest absolute Gasteiger partial charge is 0.393 e. The van der Waals surface area contributed by atoms with E-state index in [9.17, 15) is 4.39 Å². The van der Waals surface area contributed by atoms with Gasteiger partial charge in [0.1, 0.15) is 11.5 Å². The van der Waals surface area contributed by atoms with Gasteiger partial charge < -0.3 is 17.6 Å². The molecule has 0 saturated heterocycles. The van der Waals surface area contributed by atoms with Gasteiger partial charge >= 0.3 is 6.97 Å². The normalized spacial score (nSPS) is 18.4. The predicted molar refractivity (Wildman–Crippen MR) is 92.2 cm³/mol. The Hall–Kier alpha value is -2.57. The number of pyridine rings is 1. The molecule has 2 aromatic heterocycles. The lowest BCUT2D eigenvalue weighted by Crippen LogP contribution is -2.51. The molecule has 0 amide bonds. The summed E-state index contributed by atoms with van der Waals surface area (Å²) in [5.41, 5.74) is 3.85. The highest BCUT2D eigenvalue weighted by Crippen LogP contribution is 2.44. The van der Waals surface area contributed by atoms with E-state index in [0.717, 1.165) is 15.2 Å². The van der Waals surface area contributed by atoms with E-state index in [4.69, 9.17) is 0 Å². The third kappa shape index (κ3) is 1.95. The second-order valence-corrected chi connectivity index (χ2v) is 6.69. The van der Waals surface area contributed by atoms with Crippen molar-refractivity contribution < 1.29 is 17.5 Å². The Kier molecular flexibility index (Phi) is 3.17. The van der Waals surface area contributed by atoms with Crippen LogP contribution in [0.3, 0.4) is 0 Å². The fraction of sp³-hybridized carbons (Fsp3) is 0.222. The highest BCUT2D eigenvalue weighted by atomic mass is 19.2. The van der Waals surface area contributed by atoms with Gasteiger partial charge in [0.2, 0.25) is 0 Å². The maximum atomic E-state index is 15.4. The van der Waals surface area contributed by atoms with Crippen molar-refractivity contribution in [1.82, 2.24) is 9.46 Å². The highest BCUT2D eigenvalue weighted by molar-refractivity contribution is 6.58. The van der Waals surface area contributed by atoms with E-state index in [1.54, 1.807) is 45.9 Å². The van der Waals surface area contributed by atoms with Crippen LogP contribution >= 0.6 is 0 Å². The van der Waals surface area contributed by atoms with E-state index in [1.165, 1.54) is 6.20 Å². The summed E-state index contributed by atoms with van der Waals surface area (Å²) in [7, 11) is 0. The van der Waals surface area contributed by atoms with Crippen LogP contribution in [0, 0.1) is 19.7 Å². The van der Waals surface area contributed by atoms with Gasteiger partial charge in [0.25, 0.3) is 0 Å². The Balaban J connectivity index is 2.22. The molecule has 0 atom stereocenters. The number of nitrogens with zero attached hydrogens (tertiary/aromatic N) is 3. The molecule has 7 heteroatoms. The predicted octanol–water partition coefficient (Wildman–Crippen LogP) is 4.07. The second kappa shape index (κ2) is 4.97. The molecule has 0 aliphatic carbocycles. The highest BCUT2D eigenvalue weighted by Gasteiger charge is 2.55. The van der Waals surface area contributed by atoms with Crippen LogP contribution in [0.15, 0.2) is 41.9 Å². The number of aryl methyl sites for hydroxylation is 2. The van der Waals surface area contributed by atoms with Gasteiger partial charge in [0, 0.05) is 36.0 Å². The minimum atomic E-state index is -4.04. The molecule has 4 rings (SSSR count). The number of allylic oxidation sites excluding steroid dienone is 2. The van der Waals surface area contributed by atoms with Gasteiger partial charge in [0.15, 0.2) is 5.70 Å². The van der Waals surface area contributed by atoms with Crippen LogP contribution in [-0.2, 0) is 0 Å². The third-order valence-corrected chi connectivity index (χ3v) is 4.98. The average molecular weight is 343 g/mol. The number of fused-ring (bicyclic) bond motifs is 2. The molecule has 0 fully saturated rings. The Labute approximate surface area is 143 Å². The largest absolute Gasteiger partial charge is 0.737 e. The maximum absolute atomic E-state index is 15.4. The van der Waals surface area contributed by atoms with Crippen molar-refractivity contribution in [1.29, 1.82) is 0 Å². The van der Waals surface area contributed by atoms with Crippen molar-refractivity contribution in [2.24, 2.45) is 0 Å². The first-order valence-corrected chi connectivity index (χ1v) is 8.12. The van der Waals surface area contributed by atoms with E-state index in [-0.39, 0.29) is 5.56 Å². The monoisotopic (exact) mass is 343 g/mol. The summed E-state index contributed by atoms with van der Waals surface area (Å²) >= 11 is 0. The molecule has 0 aromatic carbocycles. The van der Waals surface area contributed by atoms with Crippen LogP contribution < -0.4 is 0 Å². The Morgan fingerprint density at radius 1 is 1.16 bits per heavy atom. The number of halogens is 3. The van der Waals surface area contributed by atoms with Gasteiger partial charge in [-0.05, 0) is 44.2 Å². The number of aromatic nitrogens is 2. The maximum Gasteiger partial charge on any atom is 0.737 e. The molecule has 2 aliphatic rings. The molecule has 2 aliphatic heterocycles. The molecular formula is C18H17BF3N3. The minimum absolute atomic E-state index is 0.284. The number of rotatable bonds is 1. The summed E-state index contributed by atoms with van der Waals surface area (Å²) in [6, 6.07) is 3.26. The molecule has 0 spiro atoms. The summed E-state index contributed by atoms with van der Waals surface area (Å²) in [5.74, 6) is -0.523. The zero-order valence-corrected chi connectivity index (χ0v) is 14.4. The first-order chi connectivity index (χ1) is 11.7. The van der Waals surface area contributed by atoms with Crippen molar-refractivity contribution in [3.05, 3.63) is 70.2 Å². The lowest BCUT2D eigenvalue weighted by molar-refractivity contribution is -0.363. The zero-order valence-electron chi connectivity index (χ0n) is 14.4. The summed E-state index contributed by atoms with van der Waals surface area (Å²) < 4.78 is 47.5. The number of hydrogen-bond donors (Lipinski definition) is 0. The van der Waals surface area contributed by atoms with Crippen LogP contribution in [0.5, 0.6) is 0 Å². The zero-order chi connectivity index (χ0) is 18.1. The molecule has 0 N–H and O–H groups in total. The molecule has 4 heterocycles. The first kappa shape index (κ1) is 15.9. The minimum Gasteiger partial charge on any atom is -0.393 e. The number of hydrogen-bond acceptors (Lipinski definition) is 1. The lowest BCUT2D eigenvalue weighted by Gasteiger charge is -2.34. The van der Waals surface area contributed by atoms with Crippen molar-refractivity contribution in [2.45, 2.75) is 27.7 Å². The van der Waals surface area contributed by atoms with Gasteiger partial charge in [-0.15, -0.1) is 0 Å². The standard InChI is InChI=1S/C18H17BF3N3/c1-10-7-12(3)24-17(10)16(14-5-6-23-9-15(14)20)18-11(2)8-13(4)25(18)19(24,21)22/h5-9H,1-4H3. The quantitative estimate of drug-likeness (QED) is 0.715. The SMILES string of the molecule is CC1=CC(C)=[N+]2C1=C(c1ccncc1F)c1c(C)cc(C)n1[B-]2(F)F. The van der Waals surface area contributed by atoms with Crippen molar-refractivity contribution >= 4 is 18.3 Å². The van der Waals surface area contributed by atoms with Gasteiger partial charge in [-0.25, -0.2) is 4.39 Å². The van der Waals surface area contributed by atoms with E-state index >= 15 is 8.63 Å². The van der Waals surface area contributed by atoms with Crippen LogP contribution in [0.2, 0.25) is 0 Å². The van der Waals surface area contributed by atoms with Gasteiger partial charge in [-0.2, -0.15) is 0 Å². The fourth-order valence-electron chi connectivity index (χ4n) is 4.13. The van der Waals surface area contributed by atoms with Crippen molar-refractivity contribution in [2.75, 3.05) is 0 Å². The topological polar surface area (TPSA) is 20.8 Å². The molecular weight excluding hydrogens is 326 g/mol. The lowest BCUT2D eigenvalue weighted by atomic mass is 9.84. The summed E-state index contributed by atoms with van der Waals surface area (Å²) in [4.78, 5) is 3.79. The van der Waals surface area contributed by atoms with E-state index < -0.39 is 12.8 Å². The molecule has 0 saturated carbocycles. The molecule has 0 unspecified atom stereocenters. The molecule has 128 valence electrons. The molecule has 3 nitrogen and oxygen atoms in total. The Morgan fingerprint density at radius 3 is 2.56 bits per heavy atom. The van der Waals surface area contributed by atoms with Crippen LogP contribution in [0.25, 0.3) is 5.57 Å². The van der Waals surface area contributed by atoms with Crippen molar-refractivity contribution in [3.63, 3.8) is 0 Å². The average Bonchev–Trinajstić information content (AvgIpc) is 2.99. The summed E-state index contributed by atoms with van der Waals surface area (Å²) in [6.07, 6.45) is 4.32. The summed E-state index contributed by atoms with van der Waals surface area (Å²) in [6.45, 7) is 2.84. The second-order valence-electron chi connectivity index (χ2n) is 6.69. The van der Waals surface area contributed by atoms with E-state index in [0.29, 0.717) is 39.5 Å². The Bertz CT molecular complexity index is 1030. The van der Waals surface area contributed by atoms with Crippen molar-refractivity contribution in [3.8, 4) is 0 Å². The van der Waals surface area contributed by atoms with Crippen LogP contribution in [0.4, 0.5) is 13.0 Å². The van der Waals surface area contributed by atoms with Gasteiger partial charge in [-0.3, -0.25) is 4.98 Å². The fourth-order valence-corrected chi connectivity index (χ4v) is 4.13. The molecule has 25 heavy (non-hydrogen) atoms. The molecule has 0 radical (unpaired) electrons. The van der Waals surface area contributed by atoms with Crippen LogP contribution in [-0.4, -0.2) is 26.6 Å². The molecule has 0 bridgehead atoms. The van der Waals surface area contributed by atoms with Gasteiger partial charge in [-0.1, -0.05) is 0 Å². The van der Waals surface area contributed by atoms with E-state index in [2.05, 4.69) is 4.98 Å².